The topological polar surface area (TPSA) is 77.1 Å². The predicted molar refractivity (Wildman–Crippen MR) is 89.5 cm³/mol. The van der Waals surface area contributed by atoms with Gasteiger partial charge in [0.25, 0.3) is 0 Å². The van der Waals surface area contributed by atoms with E-state index in [1.807, 2.05) is 0 Å². The summed E-state index contributed by atoms with van der Waals surface area (Å²) in [5, 5.41) is 2.83. The van der Waals surface area contributed by atoms with Gasteiger partial charge in [-0.05, 0) is 31.9 Å². The highest BCUT2D eigenvalue weighted by atomic mass is 16.5. The Balaban J connectivity index is 2.05. The van der Waals surface area contributed by atoms with E-state index in [1.54, 1.807) is 37.1 Å². The molecular weight excluding hydrogens is 312 g/mol. The zero-order valence-corrected chi connectivity index (χ0v) is 14.3. The molecule has 1 unspecified atom stereocenters. The van der Waals surface area contributed by atoms with E-state index in [4.69, 9.17) is 14.2 Å². The Morgan fingerprint density at radius 1 is 1.29 bits per heavy atom. The molecule has 1 aromatic carbocycles. The Labute approximate surface area is 141 Å². The number of nitrogens with one attached hydrogen (secondary N) is 1. The quantitative estimate of drug-likeness (QED) is 0.836. The van der Waals surface area contributed by atoms with Crippen LogP contribution in [0.2, 0.25) is 0 Å². The fourth-order valence-electron chi connectivity index (χ4n) is 2.72. The van der Waals surface area contributed by atoms with E-state index in [1.165, 1.54) is 7.11 Å². The van der Waals surface area contributed by atoms with E-state index < -0.39 is 0 Å². The van der Waals surface area contributed by atoms with E-state index in [0.717, 1.165) is 12.8 Å². The van der Waals surface area contributed by atoms with Crippen molar-refractivity contribution in [3.63, 3.8) is 0 Å². The number of carbonyl (C=O) groups is 2. The Kier molecular flexibility index (Phi) is 6.28. The number of hydrogen-bond acceptors (Lipinski definition) is 5. The molecule has 7 nitrogen and oxygen atoms in total. The molecule has 1 aromatic rings. The van der Waals surface area contributed by atoms with E-state index >= 15 is 0 Å². The van der Waals surface area contributed by atoms with Gasteiger partial charge in [0.2, 0.25) is 0 Å². The second-order valence-electron chi connectivity index (χ2n) is 5.53. The van der Waals surface area contributed by atoms with Gasteiger partial charge in [0.15, 0.2) is 0 Å². The van der Waals surface area contributed by atoms with Crippen LogP contribution in [0.15, 0.2) is 18.2 Å². The Bertz CT molecular complexity index is 590. The third-order valence-corrected chi connectivity index (χ3v) is 3.98. The highest BCUT2D eigenvalue weighted by Crippen LogP contribution is 2.29. The molecule has 0 aliphatic carbocycles. The van der Waals surface area contributed by atoms with Crippen LogP contribution in [0.4, 0.5) is 10.5 Å². The molecule has 0 aromatic heterocycles. The molecule has 1 heterocycles. The third kappa shape index (κ3) is 4.31. The molecule has 0 spiro atoms. The molecule has 24 heavy (non-hydrogen) atoms. The normalized spacial score (nSPS) is 17.1. The van der Waals surface area contributed by atoms with Crippen LogP contribution in [0.3, 0.4) is 0 Å². The van der Waals surface area contributed by atoms with Crippen LogP contribution in [0.5, 0.6) is 11.5 Å². The number of amides is 2. The molecule has 0 bridgehead atoms. The third-order valence-electron chi connectivity index (χ3n) is 3.98. The molecule has 2 rings (SSSR count). The number of anilines is 1. The van der Waals surface area contributed by atoms with Gasteiger partial charge in [0.1, 0.15) is 11.5 Å². The molecule has 0 saturated carbocycles. The number of esters is 1. The summed E-state index contributed by atoms with van der Waals surface area (Å²) < 4.78 is 15.5. The number of benzene rings is 1. The molecule has 1 N–H and O–H groups in total. The van der Waals surface area contributed by atoms with Crippen LogP contribution in [-0.4, -0.2) is 50.8 Å². The van der Waals surface area contributed by atoms with Crippen molar-refractivity contribution in [2.75, 3.05) is 39.2 Å². The summed E-state index contributed by atoms with van der Waals surface area (Å²) in [4.78, 5) is 26.0. The molecule has 7 heteroatoms. The number of ether oxygens (including phenoxy) is 3. The van der Waals surface area contributed by atoms with Crippen molar-refractivity contribution < 1.29 is 23.8 Å². The number of urea groups is 1. The van der Waals surface area contributed by atoms with Crippen molar-refractivity contribution in [1.82, 2.24) is 4.90 Å². The number of methoxy groups -OCH3 is 2. The maximum absolute atomic E-state index is 12.5. The lowest BCUT2D eigenvalue weighted by molar-refractivity contribution is -0.149. The molecule has 132 valence electrons. The summed E-state index contributed by atoms with van der Waals surface area (Å²) >= 11 is 0. The average molecular weight is 336 g/mol. The Morgan fingerprint density at radius 3 is 2.75 bits per heavy atom. The predicted octanol–water partition coefficient (Wildman–Crippen LogP) is 2.51. The van der Waals surface area contributed by atoms with Crippen molar-refractivity contribution in [3.8, 4) is 11.5 Å². The van der Waals surface area contributed by atoms with Crippen molar-refractivity contribution in [2.24, 2.45) is 5.92 Å². The van der Waals surface area contributed by atoms with Crippen molar-refractivity contribution >= 4 is 17.7 Å². The first-order valence-corrected chi connectivity index (χ1v) is 8.03. The largest absolute Gasteiger partial charge is 0.497 e. The molecule has 1 fully saturated rings. The number of likely N-dealkylation sites (tertiary alicyclic amines) is 1. The van der Waals surface area contributed by atoms with E-state index in [9.17, 15) is 9.59 Å². The van der Waals surface area contributed by atoms with Crippen molar-refractivity contribution in [2.45, 2.75) is 19.8 Å². The smallest absolute Gasteiger partial charge is 0.321 e. The van der Waals surface area contributed by atoms with Crippen molar-refractivity contribution in [1.29, 1.82) is 0 Å². The lowest BCUT2D eigenvalue weighted by atomic mass is 9.98. The molecule has 1 aliphatic heterocycles. The van der Waals surface area contributed by atoms with Gasteiger partial charge in [-0.15, -0.1) is 0 Å². The summed E-state index contributed by atoms with van der Waals surface area (Å²) in [6, 6.07) is 4.91. The summed E-state index contributed by atoms with van der Waals surface area (Å²) in [6.07, 6.45) is 1.51. The van der Waals surface area contributed by atoms with Crippen LogP contribution < -0.4 is 14.8 Å². The van der Waals surface area contributed by atoms with Crippen LogP contribution in [-0.2, 0) is 9.53 Å². The van der Waals surface area contributed by atoms with E-state index in [2.05, 4.69) is 5.32 Å². The fraction of sp³-hybridized carbons (Fsp3) is 0.529. The van der Waals surface area contributed by atoms with Crippen LogP contribution in [0.25, 0.3) is 0 Å². The summed E-state index contributed by atoms with van der Waals surface area (Å²) in [5.74, 6) is 0.655. The maximum atomic E-state index is 12.5. The number of carbonyl (C=O) groups excluding carboxylic acids is 2. The Morgan fingerprint density at radius 2 is 2.08 bits per heavy atom. The monoisotopic (exact) mass is 336 g/mol. The van der Waals surface area contributed by atoms with Gasteiger partial charge in [0.05, 0.1) is 32.4 Å². The van der Waals surface area contributed by atoms with Crippen molar-refractivity contribution in [3.05, 3.63) is 18.2 Å². The van der Waals surface area contributed by atoms with Crippen LogP contribution >= 0.6 is 0 Å². The van der Waals surface area contributed by atoms with Gasteiger partial charge in [-0.2, -0.15) is 0 Å². The first-order chi connectivity index (χ1) is 11.6. The molecule has 2 amide bonds. The molecule has 0 radical (unpaired) electrons. The van der Waals surface area contributed by atoms with Gasteiger partial charge in [-0.1, -0.05) is 0 Å². The number of rotatable bonds is 5. The zero-order chi connectivity index (χ0) is 17.5. The molecule has 1 aliphatic rings. The van der Waals surface area contributed by atoms with E-state index in [0.29, 0.717) is 36.9 Å². The Hall–Kier alpha value is -2.44. The molecule has 1 atom stereocenters. The number of nitrogens with zero attached hydrogens (tertiary/aromatic N) is 1. The number of piperidine rings is 1. The van der Waals surface area contributed by atoms with Crippen LogP contribution in [0.1, 0.15) is 19.8 Å². The second-order valence-corrected chi connectivity index (χ2v) is 5.53. The molecule has 1 saturated heterocycles. The minimum Gasteiger partial charge on any atom is -0.497 e. The summed E-state index contributed by atoms with van der Waals surface area (Å²) in [7, 11) is 3.09. The minimum absolute atomic E-state index is 0.242. The highest BCUT2D eigenvalue weighted by molar-refractivity contribution is 5.91. The fourth-order valence-corrected chi connectivity index (χ4v) is 2.72. The minimum atomic E-state index is -0.268. The lowest BCUT2D eigenvalue weighted by Gasteiger charge is -2.31. The summed E-state index contributed by atoms with van der Waals surface area (Å²) in [6.45, 7) is 3.09. The average Bonchev–Trinajstić information content (AvgIpc) is 2.61. The first kappa shape index (κ1) is 17.9. The standard InChI is InChI=1S/C17H24N2O5/c1-4-24-16(20)12-6-5-9-19(11-12)17(21)18-14-10-13(22-2)7-8-15(14)23-3/h7-8,10,12H,4-6,9,11H2,1-3H3,(H,18,21). The lowest BCUT2D eigenvalue weighted by Crippen LogP contribution is -2.44. The first-order valence-electron chi connectivity index (χ1n) is 8.03. The van der Waals surface area contributed by atoms with Gasteiger partial charge in [-0.25, -0.2) is 4.79 Å². The van der Waals surface area contributed by atoms with Gasteiger partial charge in [0, 0.05) is 19.2 Å². The van der Waals surface area contributed by atoms with Gasteiger partial charge in [-0.3, -0.25) is 4.79 Å². The van der Waals surface area contributed by atoms with Gasteiger partial charge < -0.3 is 24.4 Å². The van der Waals surface area contributed by atoms with E-state index in [-0.39, 0.29) is 17.9 Å². The highest BCUT2D eigenvalue weighted by Gasteiger charge is 2.29. The summed E-state index contributed by atoms with van der Waals surface area (Å²) in [5.41, 5.74) is 0.528. The van der Waals surface area contributed by atoms with Crippen LogP contribution in [0, 0.1) is 5.92 Å². The van der Waals surface area contributed by atoms with Gasteiger partial charge >= 0.3 is 12.0 Å². The maximum Gasteiger partial charge on any atom is 0.321 e. The zero-order valence-electron chi connectivity index (χ0n) is 14.3. The number of hydrogen-bond donors (Lipinski definition) is 1. The molecular formula is C17H24N2O5. The second kappa shape index (κ2) is 8.42. The SMILES string of the molecule is CCOC(=O)C1CCCN(C(=O)Nc2cc(OC)ccc2OC)C1.